The fraction of sp³-hybridized carbons (Fsp3) is 0.956. The van der Waals surface area contributed by atoms with Gasteiger partial charge in [-0.25, -0.2) is 0 Å². The summed E-state index contributed by atoms with van der Waals surface area (Å²) >= 11 is 0. The van der Waals surface area contributed by atoms with Crippen LogP contribution in [0.2, 0.25) is 0 Å². The normalized spacial score (nSPS) is 57.4. The first-order valence-corrected chi connectivity index (χ1v) is 23.6. The Bertz CT molecular complexity index is 1680. The van der Waals surface area contributed by atoms with Gasteiger partial charge in [-0.15, -0.1) is 0 Å². The van der Waals surface area contributed by atoms with Gasteiger partial charge in [-0.3, -0.25) is 0 Å². The molecule has 26 atom stereocenters. The quantitative estimate of drug-likeness (QED) is 0.115. The van der Waals surface area contributed by atoms with E-state index in [2.05, 4.69) is 26.8 Å². The number of ether oxygens (including phenoxy) is 8. The Morgan fingerprint density at radius 1 is 0.672 bits per heavy atom. The Morgan fingerprint density at radius 3 is 2.00 bits per heavy atom. The number of allylic oxidation sites excluding steroid dienone is 1. The molecule has 0 aromatic rings. The molecule has 9 aliphatic rings. The number of aliphatic hydroxyl groups is 11. The number of aliphatic hydroxyl groups excluding tert-OH is 10. The molecule has 4 aliphatic carbocycles. The summed E-state index contributed by atoms with van der Waals surface area (Å²) in [6, 6.07) is 0. The fourth-order valence-corrected chi connectivity index (χ4v) is 14.1. The Kier molecular flexibility index (Phi) is 13.3. The van der Waals surface area contributed by atoms with Crippen molar-refractivity contribution in [3.8, 4) is 0 Å². The van der Waals surface area contributed by atoms with Crippen molar-refractivity contribution in [3.63, 3.8) is 0 Å². The number of hydrogen-bond donors (Lipinski definition) is 11. The lowest BCUT2D eigenvalue weighted by Crippen LogP contribution is -2.67. The highest BCUT2D eigenvalue weighted by atomic mass is 16.8. The molecule has 0 unspecified atom stereocenters. The summed E-state index contributed by atoms with van der Waals surface area (Å²) in [6.07, 6.45) is -15.5. The molecule has 0 amide bonds. The largest absolute Gasteiger partial charge is 0.396 e. The molecule has 0 aromatic heterocycles. The molecule has 366 valence electrons. The lowest BCUT2D eigenvalue weighted by atomic mass is 9.45. The van der Waals surface area contributed by atoms with Gasteiger partial charge < -0.3 is 94.1 Å². The zero-order valence-electron chi connectivity index (χ0n) is 37.2. The van der Waals surface area contributed by atoms with E-state index in [4.69, 9.17) is 37.9 Å². The second kappa shape index (κ2) is 17.7. The van der Waals surface area contributed by atoms with Crippen molar-refractivity contribution in [2.75, 3.05) is 26.4 Å². The van der Waals surface area contributed by atoms with Gasteiger partial charge in [-0.2, -0.15) is 0 Å². The van der Waals surface area contributed by atoms with Crippen molar-refractivity contribution in [2.24, 2.45) is 40.4 Å². The number of rotatable bonds is 9. The molecule has 8 fully saturated rings. The van der Waals surface area contributed by atoms with E-state index in [0.29, 0.717) is 32.3 Å². The first kappa shape index (κ1) is 48.0. The van der Waals surface area contributed by atoms with Crippen LogP contribution in [0.15, 0.2) is 11.6 Å². The minimum absolute atomic E-state index is 0.0194. The number of hydrogen-bond acceptors (Lipinski definition) is 19. The van der Waals surface area contributed by atoms with Crippen LogP contribution in [0.3, 0.4) is 0 Å². The fourth-order valence-electron chi connectivity index (χ4n) is 14.1. The molecule has 5 aliphatic heterocycles. The van der Waals surface area contributed by atoms with Crippen molar-refractivity contribution in [1.29, 1.82) is 0 Å². The smallest absolute Gasteiger partial charge is 0.187 e. The summed E-state index contributed by atoms with van der Waals surface area (Å²) < 4.78 is 49.4. The summed E-state index contributed by atoms with van der Waals surface area (Å²) in [5, 5.41) is 119. The van der Waals surface area contributed by atoms with Gasteiger partial charge in [0.05, 0.1) is 43.7 Å². The van der Waals surface area contributed by atoms with Crippen LogP contribution >= 0.6 is 0 Å². The van der Waals surface area contributed by atoms with Gasteiger partial charge in [-0.1, -0.05) is 32.4 Å². The number of fused-ring (bicyclic) bond motifs is 7. The topological polar surface area (TPSA) is 296 Å². The first-order chi connectivity index (χ1) is 30.3. The lowest BCUT2D eigenvalue weighted by molar-refractivity contribution is -0.388. The first-order valence-electron chi connectivity index (χ1n) is 23.6. The van der Waals surface area contributed by atoms with Gasteiger partial charge in [0.15, 0.2) is 24.7 Å². The van der Waals surface area contributed by atoms with Crippen LogP contribution in [0.25, 0.3) is 0 Å². The molecule has 0 bridgehead atoms. The van der Waals surface area contributed by atoms with Crippen LogP contribution in [0.4, 0.5) is 0 Å². The van der Waals surface area contributed by atoms with Crippen molar-refractivity contribution >= 4 is 0 Å². The highest BCUT2D eigenvalue weighted by Crippen LogP contribution is 2.72. The third kappa shape index (κ3) is 7.50. The van der Waals surface area contributed by atoms with E-state index in [1.54, 1.807) is 0 Å². The van der Waals surface area contributed by atoms with Gasteiger partial charge in [0.25, 0.3) is 0 Å². The summed E-state index contributed by atoms with van der Waals surface area (Å²) in [5.74, 6) is -0.114. The Hall–Kier alpha value is -1.02. The molecule has 11 N–H and O–H groups in total. The molecule has 1 spiro atoms. The second-order valence-corrected chi connectivity index (χ2v) is 21.2. The van der Waals surface area contributed by atoms with Crippen LogP contribution in [0.1, 0.15) is 85.5 Å². The van der Waals surface area contributed by atoms with Gasteiger partial charge in [0.2, 0.25) is 0 Å². The lowest BCUT2D eigenvalue weighted by Gasteiger charge is -2.62. The highest BCUT2D eigenvalue weighted by Gasteiger charge is 2.74. The van der Waals surface area contributed by atoms with Crippen LogP contribution in [0, 0.1) is 40.4 Å². The molecule has 0 aromatic carbocycles. The van der Waals surface area contributed by atoms with Crippen molar-refractivity contribution < 1.29 is 94.1 Å². The van der Waals surface area contributed by atoms with Crippen LogP contribution in [0.5, 0.6) is 0 Å². The SMILES string of the molecule is C[C@@H]1O[C@@H](O[C@H]2[C@H](O[C@@H]3O[C@H](CO)[C@@H](O)[C@H](O)[C@H]3O)[C@@H](O)[C@H](O[C@H]3CC[C@@]4(C)C(=CC[C@@H]5[C@@H]4CC[C@]4(C)[C@@H]6[C@H](C[C@@]54O)O[C@]4(CC[C@@H](CO)CO4)[C@H]6C)C3)O[C@@H]2CO)[C@H](O)[C@H](O)[C@H]1O. The Labute approximate surface area is 373 Å². The van der Waals surface area contributed by atoms with Gasteiger partial charge >= 0.3 is 0 Å². The summed E-state index contributed by atoms with van der Waals surface area (Å²) in [6.45, 7) is 7.31. The summed E-state index contributed by atoms with van der Waals surface area (Å²) in [5.41, 5.74) is -0.342. The minimum atomic E-state index is -1.87. The predicted octanol–water partition coefficient (Wildman–Crippen LogP) is -1.70. The average molecular weight is 917 g/mol. The molecule has 0 radical (unpaired) electrons. The molecular weight excluding hydrogens is 844 g/mol. The molecule has 3 saturated carbocycles. The molecule has 5 heterocycles. The van der Waals surface area contributed by atoms with Gasteiger partial charge in [-0.05, 0) is 69.1 Å². The van der Waals surface area contributed by atoms with Crippen LogP contribution in [-0.4, -0.2) is 198 Å². The van der Waals surface area contributed by atoms with E-state index < -0.39 is 123 Å². The Morgan fingerprint density at radius 2 is 1.33 bits per heavy atom. The van der Waals surface area contributed by atoms with E-state index in [9.17, 15) is 56.2 Å². The zero-order valence-corrected chi connectivity index (χ0v) is 37.2. The van der Waals surface area contributed by atoms with Crippen LogP contribution in [-0.2, 0) is 37.9 Å². The molecular formula is C45H72O19. The Balaban J connectivity index is 0.915. The van der Waals surface area contributed by atoms with Crippen LogP contribution < -0.4 is 0 Å². The summed E-state index contributed by atoms with van der Waals surface area (Å²) in [7, 11) is 0. The monoisotopic (exact) mass is 916 g/mol. The molecule has 64 heavy (non-hydrogen) atoms. The van der Waals surface area contributed by atoms with Crippen molar-refractivity contribution in [3.05, 3.63) is 11.6 Å². The third-order valence-electron chi connectivity index (χ3n) is 18.0. The van der Waals surface area contributed by atoms with Gasteiger partial charge in [0.1, 0.15) is 67.1 Å². The van der Waals surface area contributed by atoms with E-state index >= 15 is 0 Å². The van der Waals surface area contributed by atoms with Crippen molar-refractivity contribution in [1.82, 2.24) is 0 Å². The average Bonchev–Trinajstić information content (AvgIpc) is 3.68. The molecule has 5 saturated heterocycles. The molecule has 19 nitrogen and oxygen atoms in total. The van der Waals surface area contributed by atoms with Crippen molar-refractivity contribution in [2.45, 2.75) is 201 Å². The maximum atomic E-state index is 13.0. The zero-order chi connectivity index (χ0) is 45.8. The highest BCUT2D eigenvalue weighted by molar-refractivity contribution is 5.29. The molecule has 19 heteroatoms. The maximum Gasteiger partial charge on any atom is 0.187 e. The van der Waals surface area contributed by atoms with E-state index in [1.165, 1.54) is 12.5 Å². The van der Waals surface area contributed by atoms with E-state index in [-0.39, 0.29) is 53.1 Å². The second-order valence-electron chi connectivity index (χ2n) is 21.2. The third-order valence-corrected chi connectivity index (χ3v) is 18.0. The minimum Gasteiger partial charge on any atom is -0.396 e. The maximum absolute atomic E-state index is 13.0. The summed E-state index contributed by atoms with van der Waals surface area (Å²) in [4.78, 5) is 0. The van der Waals surface area contributed by atoms with Gasteiger partial charge in [0, 0.05) is 42.6 Å². The van der Waals surface area contributed by atoms with E-state index in [0.717, 1.165) is 32.1 Å². The molecule has 9 rings (SSSR count). The van der Waals surface area contributed by atoms with E-state index in [1.807, 2.05) is 0 Å². The predicted molar refractivity (Wildman–Crippen MR) is 217 cm³/mol. The standard InChI is InChI=1S/C45H72O19/c1-19-29-26(64-45(19)12-7-21(15-46)18-57-45)14-44(56)25-6-5-22-13-23(8-10-42(22,3)24(25)9-11-43(29,44)4)59-41-36(55)38(63-40-35(54)33(52)31(50)27(16-47)60-40)37(28(17-48)61-41)62-39-34(53)32(51)30(49)20(2)58-39/h5,19-21,23-41,46-56H,6-18H2,1-4H3/t19-,20-,21-,23-,24-,25+,26-,27+,28+,29-,30-,31+,32+,33-,34+,35+,36+,37+,38+,39-,40-,41+,42-,43+,44+,45+/m0/s1.